The number of pyridine rings is 1. The molecular formula is C17H15BrN2O2S. The average molecular weight is 391 g/mol. The van der Waals surface area contributed by atoms with E-state index in [1.165, 1.54) is 0 Å². The van der Waals surface area contributed by atoms with Crippen molar-refractivity contribution in [2.45, 2.75) is 6.54 Å². The van der Waals surface area contributed by atoms with Gasteiger partial charge in [-0.1, -0.05) is 6.07 Å². The smallest absolute Gasteiger partial charge is 0.272 e. The predicted molar refractivity (Wildman–Crippen MR) is 96.1 cm³/mol. The van der Waals surface area contributed by atoms with Crippen LogP contribution in [0.3, 0.4) is 0 Å². The summed E-state index contributed by atoms with van der Waals surface area (Å²) in [5.74, 6) is 0.686. The molecule has 0 bridgehead atoms. The van der Waals surface area contributed by atoms with Crippen molar-refractivity contribution < 1.29 is 9.53 Å². The number of ether oxygens (including phenoxy) is 1. The Morgan fingerprint density at radius 2 is 2.09 bits per heavy atom. The number of hydrogen-bond donors (Lipinski definition) is 0. The van der Waals surface area contributed by atoms with E-state index in [-0.39, 0.29) is 5.91 Å². The van der Waals surface area contributed by atoms with Crippen molar-refractivity contribution in [1.29, 1.82) is 0 Å². The lowest BCUT2D eigenvalue weighted by Crippen LogP contribution is -2.26. The molecule has 6 heteroatoms. The third kappa shape index (κ3) is 3.54. The van der Waals surface area contributed by atoms with Gasteiger partial charge in [-0.2, -0.15) is 0 Å². The first kappa shape index (κ1) is 16.0. The van der Waals surface area contributed by atoms with Gasteiger partial charge in [0.15, 0.2) is 0 Å². The molecule has 3 aromatic rings. The highest BCUT2D eigenvalue weighted by Gasteiger charge is 2.15. The molecule has 118 valence electrons. The van der Waals surface area contributed by atoms with Gasteiger partial charge in [0.05, 0.1) is 23.0 Å². The number of rotatable bonds is 4. The second kappa shape index (κ2) is 6.68. The Balaban J connectivity index is 1.82. The topological polar surface area (TPSA) is 42.4 Å². The Kier molecular flexibility index (Phi) is 4.63. The zero-order valence-corrected chi connectivity index (χ0v) is 15.1. The van der Waals surface area contributed by atoms with E-state index in [2.05, 4.69) is 20.9 Å². The van der Waals surface area contributed by atoms with Crippen molar-refractivity contribution in [3.8, 4) is 5.75 Å². The van der Waals surface area contributed by atoms with Gasteiger partial charge in [-0.05, 0) is 52.3 Å². The van der Waals surface area contributed by atoms with Crippen LogP contribution in [0.5, 0.6) is 5.75 Å². The standard InChI is InChI=1S/C17H15BrN2O2S/c1-20(10-13-5-8-16(18)23-13)17(21)15-6-3-11-9-12(22-2)4-7-14(11)19-15/h3-9H,10H2,1-2H3. The number of benzene rings is 1. The molecule has 0 saturated heterocycles. The van der Waals surface area contributed by atoms with Gasteiger partial charge in [0.25, 0.3) is 5.91 Å². The summed E-state index contributed by atoms with van der Waals surface area (Å²) in [6.07, 6.45) is 0. The molecule has 0 unspecified atom stereocenters. The molecule has 3 rings (SSSR count). The second-order valence-electron chi connectivity index (χ2n) is 5.12. The lowest BCUT2D eigenvalue weighted by atomic mass is 10.2. The second-order valence-corrected chi connectivity index (χ2v) is 7.67. The number of hydrogen-bond acceptors (Lipinski definition) is 4. The summed E-state index contributed by atoms with van der Waals surface area (Å²) >= 11 is 5.06. The molecule has 0 saturated carbocycles. The van der Waals surface area contributed by atoms with Crippen LogP contribution >= 0.6 is 27.3 Å². The highest BCUT2D eigenvalue weighted by atomic mass is 79.9. The maximum Gasteiger partial charge on any atom is 0.272 e. The molecule has 2 aromatic heterocycles. The van der Waals surface area contributed by atoms with Gasteiger partial charge in [-0.3, -0.25) is 4.79 Å². The van der Waals surface area contributed by atoms with E-state index >= 15 is 0 Å². The van der Waals surface area contributed by atoms with Gasteiger partial charge in [0, 0.05) is 17.3 Å². The van der Waals surface area contributed by atoms with Crippen molar-refractivity contribution in [3.63, 3.8) is 0 Å². The van der Waals surface area contributed by atoms with Gasteiger partial charge in [0.2, 0.25) is 0 Å². The summed E-state index contributed by atoms with van der Waals surface area (Å²) in [5.41, 5.74) is 1.23. The van der Waals surface area contributed by atoms with Gasteiger partial charge in [-0.15, -0.1) is 11.3 Å². The fourth-order valence-corrected chi connectivity index (χ4v) is 3.82. The largest absolute Gasteiger partial charge is 0.497 e. The lowest BCUT2D eigenvalue weighted by molar-refractivity contribution is 0.0781. The van der Waals surface area contributed by atoms with E-state index in [1.54, 1.807) is 36.5 Å². The quantitative estimate of drug-likeness (QED) is 0.665. The monoisotopic (exact) mass is 390 g/mol. The summed E-state index contributed by atoms with van der Waals surface area (Å²) in [6, 6.07) is 13.3. The van der Waals surface area contributed by atoms with E-state index in [0.29, 0.717) is 12.2 Å². The number of methoxy groups -OCH3 is 1. The van der Waals surface area contributed by atoms with E-state index in [4.69, 9.17) is 4.74 Å². The number of fused-ring (bicyclic) bond motifs is 1. The van der Waals surface area contributed by atoms with Crippen LogP contribution in [0.15, 0.2) is 46.3 Å². The Labute approximate surface area is 146 Å². The van der Waals surface area contributed by atoms with Crippen molar-refractivity contribution in [2.24, 2.45) is 0 Å². The Morgan fingerprint density at radius 1 is 1.26 bits per heavy atom. The van der Waals surface area contributed by atoms with Crippen LogP contribution in [-0.2, 0) is 6.54 Å². The summed E-state index contributed by atoms with van der Waals surface area (Å²) in [5, 5.41) is 0.950. The fourth-order valence-electron chi connectivity index (χ4n) is 2.29. The third-order valence-electron chi connectivity index (χ3n) is 3.48. The number of amides is 1. The molecule has 0 aliphatic carbocycles. The molecule has 0 aliphatic rings. The number of halogens is 1. The van der Waals surface area contributed by atoms with Crippen LogP contribution in [0.1, 0.15) is 15.4 Å². The molecule has 0 aliphatic heterocycles. The fraction of sp³-hybridized carbons (Fsp3) is 0.176. The molecule has 1 amide bonds. The van der Waals surface area contributed by atoms with Crippen molar-refractivity contribution in [2.75, 3.05) is 14.2 Å². The van der Waals surface area contributed by atoms with E-state index in [0.717, 1.165) is 25.3 Å². The van der Waals surface area contributed by atoms with Crippen LogP contribution in [0.25, 0.3) is 10.9 Å². The Hall–Kier alpha value is -1.92. The molecule has 2 heterocycles. The first-order chi connectivity index (χ1) is 11.1. The minimum atomic E-state index is -0.0905. The maximum absolute atomic E-state index is 12.6. The highest BCUT2D eigenvalue weighted by molar-refractivity contribution is 9.11. The minimum Gasteiger partial charge on any atom is -0.497 e. The number of carbonyl (C=O) groups is 1. The summed E-state index contributed by atoms with van der Waals surface area (Å²) in [4.78, 5) is 19.8. The minimum absolute atomic E-state index is 0.0905. The highest BCUT2D eigenvalue weighted by Crippen LogP contribution is 2.24. The van der Waals surface area contributed by atoms with Crippen LogP contribution in [0, 0.1) is 0 Å². The predicted octanol–water partition coefficient (Wildman–Crippen LogP) is 4.34. The molecule has 0 N–H and O–H groups in total. The molecule has 1 aromatic carbocycles. The molecule has 0 fully saturated rings. The number of aromatic nitrogens is 1. The Morgan fingerprint density at radius 3 is 2.78 bits per heavy atom. The van der Waals surface area contributed by atoms with Crippen molar-refractivity contribution in [1.82, 2.24) is 9.88 Å². The number of thiophene rings is 1. The maximum atomic E-state index is 12.6. The number of carbonyl (C=O) groups excluding carboxylic acids is 1. The van der Waals surface area contributed by atoms with E-state index in [9.17, 15) is 4.79 Å². The summed E-state index contributed by atoms with van der Waals surface area (Å²) < 4.78 is 6.26. The van der Waals surface area contributed by atoms with Gasteiger partial charge >= 0.3 is 0 Å². The zero-order valence-electron chi connectivity index (χ0n) is 12.7. The van der Waals surface area contributed by atoms with E-state index in [1.807, 2.05) is 36.4 Å². The van der Waals surface area contributed by atoms with Gasteiger partial charge < -0.3 is 9.64 Å². The average Bonchev–Trinajstić information content (AvgIpc) is 2.97. The number of nitrogens with zero attached hydrogens (tertiary/aromatic N) is 2. The zero-order chi connectivity index (χ0) is 16.4. The first-order valence-electron chi connectivity index (χ1n) is 7.01. The molecule has 23 heavy (non-hydrogen) atoms. The SMILES string of the molecule is COc1ccc2nc(C(=O)N(C)Cc3ccc(Br)s3)ccc2c1. The summed E-state index contributed by atoms with van der Waals surface area (Å²) in [6.45, 7) is 0.567. The van der Waals surface area contributed by atoms with Crippen molar-refractivity contribution in [3.05, 3.63) is 56.8 Å². The first-order valence-corrected chi connectivity index (χ1v) is 8.62. The van der Waals surface area contributed by atoms with E-state index < -0.39 is 0 Å². The molecule has 4 nitrogen and oxygen atoms in total. The normalized spacial score (nSPS) is 10.7. The van der Waals surface area contributed by atoms with Crippen LogP contribution in [0.2, 0.25) is 0 Å². The molecule has 0 atom stereocenters. The Bertz CT molecular complexity index is 863. The van der Waals surface area contributed by atoms with Crippen molar-refractivity contribution >= 4 is 44.1 Å². The van der Waals surface area contributed by atoms with Gasteiger partial charge in [-0.25, -0.2) is 4.98 Å². The summed E-state index contributed by atoms with van der Waals surface area (Å²) in [7, 11) is 3.42. The van der Waals surface area contributed by atoms with Gasteiger partial charge in [0.1, 0.15) is 11.4 Å². The van der Waals surface area contributed by atoms with Crippen LogP contribution < -0.4 is 4.74 Å². The molecule has 0 radical (unpaired) electrons. The van der Waals surface area contributed by atoms with Crippen LogP contribution in [-0.4, -0.2) is 29.9 Å². The third-order valence-corrected chi connectivity index (χ3v) is 5.09. The van der Waals surface area contributed by atoms with Crippen LogP contribution in [0.4, 0.5) is 0 Å². The molecular weight excluding hydrogens is 376 g/mol. The molecule has 0 spiro atoms. The lowest BCUT2D eigenvalue weighted by Gasteiger charge is -2.16.